The molecule has 0 atom stereocenters. The van der Waals surface area contributed by atoms with Crippen LogP contribution in [0.1, 0.15) is 0 Å². The molecule has 0 fully saturated rings. The molecule has 9 nitrogen and oxygen atoms in total. The number of benzene rings is 1. The monoisotopic (exact) mass is 264 g/mol. The van der Waals surface area contributed by atoms with Gasteiger partial charge in [0.1, 0.15) is 0 Å². The van der Waals surface area contributed by atoms with Gasteiger partial charge in [-0.15, -0.1) is 0 Å². The van der Waals surface area contributed by atoms with Gasteiger partial charge in [0.05, 0.1) is 0 Å². The molecule has 1 rings (SSSR count). The van der Waals surface area contributed by atoms with Gasteiger partial charge in [-0.1, -0.05) is 36.4 Å². The van der Waals surface area contributed by atoms with Gasteiger partial charge in [-0.05, 0) is 0 Å². The van der Waals surface area contributed by atoms with Gasteiger partial charge >= 0.3 is 22.0 Å². The van der Waals surface area contributed by atoms with E-state index in [4.69, 9.17) is 45.2 Å². The van der Waals surface area contributed by atoms with Crippen LogP contribution in [0.2, 0.25) is 0 Å². The molecule has 102 valence electrons. The average Bonchev–Trinajstić information content (AvgIpc) is 2.17. The molecule has 0 aliphatic rings. The van der Waals surface area contributed by atoms with E-state index in [0.29, 0.717) is 0 Å². The van der Waals surface area contributed by atoms with Crippen molar-refractivity contribution in [1.29, 1.82) is 0 Å². The van der Waals surface area contributed by atoms with E-state index in [1.807, 2.05) is 36.4 Å². The first kappa shape index (κ1) is 22.3. The normalized spacial score (nSPS) is 7.17. The summed E-state index contributed by atoms with van der Waals surface area (Å²) in [5, 5.41) is 64.5. The fourth-order valence-corrected chi connectivity index (χ4v) is 0.385. The van der Waals surface area contributed by atoms with Crippen LogP contribution in [0.4, 0.5) is 0 Å². The second kappa shape index (κ2) is 18.4. The standard InChI is InChI=1S/C6H6.3BH3O3/c1-2-4-6-5-3-1;3*2-1(3)4/h1-6H;3*2-4H. The number of hydrogen-bond donors (Lipinski definition) is 9. The molecule has 0 heterocycles. The molecule has 12 heteroatoms. The van der Waals surface area contributed by atoms with Crippen molar-refractivity contribution < 1.29 is 45.2 Å². The Morgan fingerprint density at radius 2 is 0.389 bits per heavy atom. The molecule has 0 spiro atoms. The molecular formula is C6H15B3O9. The summed E-state index contributed by atoms with van der Waals surface area (Å²) in [6.07, 6.45) is 0. The minimum absolute atomic E-state index is 2.00. The zero-order valence-corrected chi connectivity index (χ0v) is 9.22. The maximum Gasteiger partial charge on any atom is 0.631 e. The molecule has 0 radical (unpaired) electrons. The van der Waals surface area contributed by atoms with Gasteiger partial charge < -0.3 is 45.2 Å². The van der Waals surface area contributed by atoms with E-state index in [2.05, 4.69) is 0 Å². The summed E-state index contributed by atoms with van der Waals surface area (Å²) in [5.41, 5.74) is 0. The van der Waals surface area contributed by atoms with Gasteiger partial charge in [-0.3, -0.25) is 0 Å². The molecule has 0 aliphatic heterocycles. The SMILES string of the molecule is OB(O)O.OB(O)O.OB(O)O.c1ccccc1. The zero-order valence-electron chi connectivity index (χ0n) is 9.22. The highest BCUT2D eigenvalue weighted by atomic mass is 16.5. The van der Waals surface area contributed by atoms with E-state index in [1.165, 1.54) is 0 Å². The Labute approximate surface area is 104 Å². The predicted molar refractivity (Wildman–Crippen MR) is 63.7 cm³/mol. The Kier molecular flexibility index (Phi) is 22.8. The van der Waals surface area contributed by atoms with Crippen LogP contribution in [-0.2, 0) is 0 Å². The molecule has 0 amide bonds. The lowest BCUT2D eigenvalue weighted by Gasteiger charge is -1.69. The number of rotatable bonds is 0. The van der Waals surface area contributed by atoms with Crippen LogP contribution in [0.5, 0.6) is 0 Å². The van der Waals surface area contributed by atoms with Crippen molar-refractivity contribution in [2.24, 2.45) is 0 Å². The highest BCUT2D eigenvalue weighted by Gasteiger charge is 1.93. The van der Waals surface area contributed by atoms with Crippen molar-refractivity contribution in [3.8, 4) is 0 Å². The van der Waals surface area contributed by atoms with Gasteiger partial charge in [-0.25, -0.2) is 0 Å². The molecule has 0 unspecified atom stereocenters. The summed E-state index contributed by atoms with van der Waals surface area (Å²) in [5.74, 6) is 0. The topological polar surface area (TPSA) is 182 Å². The molecule has 1 aromatic rings. The minimum atomic E-state index is -2.17. The lowest BCUT2D eigenvalue weighted by Crippen LogP contribution is -2.07. The maximum absolute atomic E-state index is 7.17. The second-order valence-corrected chi connectivity index (χ2v) is 2.19. The van der Waals surface area contributed by atoms with Crippen LogP contribution in [0.3, 0.4) is 0 Å². The number of hydrogen-bond acceptors (Lipinski definition) is 9. The molecule has 0 aliphatic carbocycles. The quantitative estimate of drug-likeness (QED) is 0.208. The zero-order chi connectivity index (χ0) is 15.0. The van der Waals surface area contributed by atoms with Crippen LogP contribution < -0.4 is 0 Å². The first-order chi connectivity index (χ1) is 8.20. The van der Waals surface area contributed by atoms with Crippen molar-refractivity contribution in [2.45, 2.75) is 0 Å². The maximum atomic E-state index is 7.17. The molecule has 0 bridgehead atoms. The molecule has 18 heavy (non-hydrogen) atoms. The predicted octanol–water partition coefficient (Wildman–Crippen LogP) is -4.47. The molecule has 0 saturated heterocycles. The Morgan fingerprint density at radius 3 is 0.444 bits per heavy atom. The fourth-order valence-electron chi connectivity index (χ4n) is 0.385. The van der Waals surface area contributed by atoms with Crippen molar-refractivity contribution in [2.75, 3.05) is 0 Å². The summed E-state index contributed by atoms with van der Waals surface area (Å²) in [6.45, 7) is 0. The van der Waals surface area contributed by atoms with Crippen molar-refractivity contribution in [3.63, 3.8) is 0 Å². The minimum Gasteiger partial charge on any atom is -0.402 e. The highest BCUT2D eigenvalue weighted by Crippen LogP contribution is 1.79. The lowest BCUT2D eigenvalue weighted by atomic mass is 10.3. The van der Waals surface area contributed by atoms with Crippen molar-refractivity contribution in [3.05, 3.63) is 36.4 Å². The third-order valence-corrected chi connectivity index (χ3v) is 0.667. The lowest BCUT2D eigenvalue weighted by molar-refractivity contribution is 0.276. The van der Waals surface area contributed by atoms with Crippen molar-refractivity contribution in [1.82, 2.24) is 0 Å². The Bertz CT molecular complexity index is 174. The third-order valence-electron chi connectivity index (χ3n) is 0.667. The first-order valence-electron chi connectivity index (χ1n) is 4.32. The van der Waals surface area contributed by atoms with E-state index in [1.54, 1.807) is 0 Å². The van der Waals surface area contributed by atoms with E-state index in [-0.39, 0.29) is 0 Å². The summed E-state index contributed by atoms with van der Waals surface area (Å²) in [4.78, 5) is 0. The smallest absolute Gasteiger partial charge is 0.402 e. The van der Waals surface area contributed by atoms with Crippen LogP contribution in [0.25, 0.3) is 0 Å². The van der Waals surface area contributed by atoms with Gasteiger partial charge in [0.25, 0.3) is 0 Å². The summed E-state index contributed by atoms with van der Waals surface area (Å²) < 4.78 is 0. The average molecular weight is 264 g/mol. The van der Waals surface area contributed by atoms with E-state index < -0.39 is 22.0 Å². The summed E-state index contributed by atoms with van der Waals surface area (Å²) >= 11 is 0. The van der Waals surface area contributed by atoms with E-state index >= 15 is 0 Å². The van der Waals surface area contributed by atoms with Crippen LogP contribution in [0.15, 0.2) is 36.4 Å². The Hall–Kier alpha value is -0.945. The second-order valence-electron chi connectivity index (χ2n) is 2.19. The molecule has 0 aromatic heterocycles. The van der Waals surface area contributed by atoms with E-state index in [0.717, 1.165) is 0 Å². The van der Waals surface area contributed by atoms with Crippen LogP contribution in [-0.4, -0.2) is 67.2 Å². The summed E-state index contributed by atoms with van der Waals surface area (Å²) in [7, 11) is -6.50. The van der Waals surface area contributed by atoms with E-state index in [9.17, 15) is 0 Å². The van der Waals surface area contributed by atoms with Gasteiger partial charge in [0.2, 0.25) is 0 Å². The molecule has 0 saturated carbocycles. The molecule has 9 N–H and O–H groups in total. The van der Waals surface area contributed by atoms with Crippen LogP contribution in [0, 0.1) is 0 Å². The highest BCUT2D eigenvalue weighted by molar-refractivity contribution is 6.31. The van der Waals surface area contributed by atoms with Crippen molar-refractivity contribution >= 4 is 22.0 Å². The fraction of sp³-hybridized carbons (Fsp3) is 0. The Balaban J connectivity index is -0.000000171. The Morgan fingerprint density at radius 1 is 0.333 bits per heavy atom. The van der Waals surface area contributed by atoms with Gasteiger partial charge in [0, 0.05) is 0 Å². The third kappa shape index (κ3) is 116. The molecule has 1 aromatic carbocycles. The molecular weight excluding hydrogens is 248 g/mol. The van der Waals surface area contributed by atoms with Gasteiger partial charge in [-0.2, -0.15) is 0 Å². The largest absolute Gasteiger partial charge is 0.631 e. The first-order valence-corrected chi connectivity index (χ1v) is 4.32. The van der Waals surface area contributed by atoms with Gasteiger partial charge in [0.15, 0.2) is 0 Å². The summed E-state index contributed by atoms with van der Waals surface area (Å²) in [6, 6.07) is 12.0. The van der Waals surface area contributed by atoms with Crippen LogP contribution >= 0.6 is 0 Å².